The SMILES string of the molecule is COCC1(C(=O)OC(c2ccccc2)c2ccccc2)CS[C@@H]2C(N)C(=O)N2C1.Cc1ccc(S(=O)(=O)O)cc1. The van der Waals surface area contributed by atoms with Gasteiger partial charge in [0.25, 0.3) is 10.1 Å². The summed E-state index contributed by atoms with van der Waals surface area (Å²) in [7, 11) is -2.46. The topological polar surface area (TPSA) is 136 Å². The van der Waals surface area contributed by atoms with Gasteiger partial charge in [0, 0.05) is 19.4 Å². The Morgan fingerprint density at radius 1 is 1.05 bits per heavy atom. The average Bonchev–Trinajstić information content (AvgIpc) is 2.96. The van der Waals surface area contributed by atoms with E-state index in [4.69, 9.17) is 19.8 Å². The Kier molecular flexibility index (Phi) is 9.32. The second-order valence-electron chi connectivity index (χ2n) is 9.80. The standard InChI is InChI=1S/C22H24N2O4S.C7H8O3S/c1-27-13-22(12-24-19(25)17(23)20(24)29-14-22)21(26)28-18(15-8-4-2-5-9-15)16-10-6-3-7-11-16;1-6-2-4-7(5-3-6)11(8,9)10/h2-11,17-18,20H,12-14,23H2,1H3;2-5H,1H3,(H,8,9,10)/t17?,20-,22?;/m1./s1. The molecule has 2 aliphatic heterocycles. The second kappa shape index (κ2) is 12.5. The third-order valence-corrected chi connectivity index (χ3v) is 9.26. The molecule has 0 aromatic heterocycles. The van der Waals surface area contributed by atoms with Crippen LogP contribution in [-0.4, -0.2) is 67.2 Å². The molecule has 2 heterocycles. The summed E-state index contributed by atoms with van der Waals surface area (Å²) in [6, 6.07) is 24.8. The number of ether oxygens (including phenoxy) is 2. The van der Waals surface area contributed by atoms with Crippen LogP contribution in [0.15, 0.2) is 89.8 Å². The van der Waals surface area contributed by atoms with E-state index in [-0.39, 0.29) is 35.3 Å². The molecule has 0 bridgehead atoms. The number of fused-ring (bicyclic) bond motifs is 1. The summed E-state index contributed by atoms with van der Waals surface area (Å²) in [6.45, 7) is 2.29. The molecule has 2 aliphatic rings. The maximum Gasteiger partial charge on any atom is 0.318 e. The normalized spacial score (nSPS) is 22.0. The van der Waals surface area contributed by atoms with Crippen LogP contribution in [0.25, 0.3) is 0 Å². The quantitative estimate of drug-likeness (QED) is 0.243. The van der Waals surface area contributed by atoms with Gasteiger partial charge in [-0.2, -0.15) is 8.42 Å². The lowest BCUT2D eigenvalue weighted by molar-refractivity contribution is -0.168. The summed E-state index contributed by atoms with van der Waals surface area (Å²) in [5.74, 6) is 0.00686. The van der Waals surface area contributed by atoms with Crippen LogP contribution < -0.4 is 5.73 Å². The molecule has 2 unspecified atom stereocenters. The van der Waals surface area contributed by atoms with E-state index < -0.39 is 27.7 Å². The maximum absolute atomic E-state index is 13.4. The van der Waals surface area contributed by atoms with Crippen molar-refractivity contribution in [2.45, 2.75) is 29.3 Å². The lowest BCUT2D eigenvalue weighted by Gasteiger charge is -2.53. The van der Waals surface area contributed by atoms with E-state index in [0.717, 1.165) is 16.7 Å². The van der Waals surface area contributed by atoms with Gasteiger partial charge in [-0.15, -0.1) is 11.8 Å². The molecule has 40 heavy (non-hydrogen) atoms. The van der Waals surface area contributed by atoms with E-state index in [1.807, 2.05) is 67.6 Å². The number of nitrogens with two attached hydrogens (primary N) is 1. The number of methoxy groups -OCH3 is 1. The number of carbonyl (C=O) groups excluding carboxylic acids is 2. The first-order valence-electron chi connectivity index (χ1n) is 12.6. The first-order valence-corrected chi connectivity index (χ1v) is 15.1. The van der Waals surface area contributed by atoms with Crippen LogP contribution in [0.5, 0.6) is 0 Å². The fourth-order valence-corrected chi connectivity index (χ4v) is 6.55. The Bertz CT molecular complexity index is 1380. The van der Waals surface area contributed by atoms with Gasteiger partial charge in [0.05, 0.1) is 11.5 Å². The summed E-state index contributed by atoms with van der Waals surface area (Å²) < 4.78 is 41.0. The van der Waals surface area contributed by atoms with Crippen molar-refractivity contribution in [2.75, 3.05) is 26.0 Å². The smallest absolute Gasteiger partial charge is 0.318 e. The van der Waals surface area contributed by atoms with E-state index >= 15 is 0 Å². The van der Waals surface area contributed by atoms with Gasteiger partial charge >= 0.3 is 5.97 Å². The van der Waals surface area contributed by atoms with Crippen LogP contribution in [0.2, 0.25) is 0 Å². The molecular formula is C29H32N2O7S2. The number of benzene rings is 3. The summed E-state index contributed by atoms with van der Waals surface area (Å²) in [5, 5.41) is -0.0701. The van der Waals surface area contributed by atoms with Gasteiger partial charge in [-0.05, 0) is 30.2 Å². The minimum Gasteiger partial charge on any atom is -0.452 e. The highest BCUT2D eigenvalue weighted by Gasteiger charge is 2.56. The summed E-state index contributed by atoms with van der Waals surface area (Å²) in [6.07, 6.45) is -0.532. The number of thioether (sulfide) groups is 1. The van der Waals surface area contributed by atoms with Crippen LogP contribution in [0.4, 0.5) is 0 Å². The molecule has 9 nitrogen and oxygen atoms in total. The number of rotatable bonds is 7. The molecule has 0 radical (unpaired) electrons. The molecule has 3 aromatic carbocycles. The molecule has 11 heteroatoms. The minimum absolute atomic E-state index is 0.0666. The van der Waals surface area contributed by atoms with Crippen molar-refractivity contribution in [3.63, 3.8) is 0 Å². The summed E-state index contributed by atoms with van der Waals surface area (Å²) in [5.41, 5.74) is 7.70. The van der Waals surface area contributed by atoms with Gasteiger partial charge < -0.3 is 20.1 Å². The highest BCUT2D eigenvalue weighted by molar-refractivity contribution is 8.00. The molecule has 5 rings (SSSR count). The average molecular weight is 585 g/mol. The highest BCUT2D eigenvalue weighted by Crippen LogP contribution is 2.43. The van der Waals surface area contributed by atoms with Crippen LogP contribution in [-0.2, 0) is 29.2 Å². The number of hydrogen-bond donors (Lipinski definition) is 2. The molecule has 3 N–H and O–H groups in total. The lowest BCUT2D eigenvalue weighted by atomic mass is 9.87. The second-order valence-corrected chi connectivity index (χ2v) is 12.3. The molecule has 0 spiro atoms. The van der Waals surface area contributed by atoms with Crippen molar-refractivity contribution < 1.29 is 32.0 Å². The van der Waals surface area contributed by atoms with Gasteiger partial charge in [0.1, 0.15) is 16.8 Å². The molecule has 3 atom stereocenters. The van der Waals surface area contributed by atoms with Crippen molar-refractivity contribution in [2.24, 2.45) is 11.1 Å². The number of carbonyl (C=O) groups is 2. The number of β-lactam (4-membered cyclic amide) rings is 1. The largest absolute Gasteiger partial charge is 0.452 e. The monoisotopic (exact) mass is 584 g/mol. The number of esters is 1. The number of amides is 1. The van der Waals surface area contributed by atoms with E-state index in [9.17, 15) is 18.0 Å². The molecule has 2 saturated heterocycles. The van der Waals surface area contributed by atoms with Crippen LogP contribution >= 0.6 is 11.8 Å². The van der Waals surface area contributed by atoms with Crippen molar-refractivity contribution >= 4 is 33.8 Å². The highest BCUT2D eigenvalue weighted by atomic mass is 32.2. The predicted octanol–water partition coefficient (Wildman–Crippen LogP) is 3.44. The number of aryl methyl sites for hydroxylation is 1. The zero-order valence-corrected chi connectivity index (χ0v) is 23.8. The van der Waals surface area contributed by atoms with Crippen LogP contribution in [0.1, 0.15) is 22.8 Å². The third kappa shape index (κ3) is 6.56. The molecule has 1 amide bonds. The number of nitrogens with zero attached hydrogens (tertiary/aromatic N) is 1. The maximum atomic E-state index is 13.4. The van der Waals surface area contributed by atoms with Crippen molar-refractivity contribution in [3.05, 3.63) is 102 Å². The molecule has 2 fully saturated rings. The van der Waals surface area contributed by atoms with Crippen molar-refractivity contribution in [3.8, 4) is 0 Å². The van der Waals surface area contributed by atoms with Crippen LogP contribution in [0, 0.1) is 12.3 Å². The van der Waals surface area contributed by atoms with Gasteiger partial charge in [0.15, 0.2) is 6.10 Å². The Hall–Kier alpha value is -3.22. The Balaban J connectivity index is 0.000000283. The van der Waals surface area contributed by atoms with E-state index in [1.54, 1.807) is 24.1 Å². The Labute approximate surface area is 238 Å². The first-order chi connectivity index (χ1) is 19.1. The molecule has 212 valence electrons. The first kappa shape index (κ1) is 29.8. The fourth-order valence-electron chi connectivity index (χ4n) is 4.60. The summed E-state index contributed by atoms with van der Waals surface area (Å²) in [4.78, 5) is 27.2. The van der Waals surface area contributed by atoms with Crippen LogP contribution in [0.3, 0.4) is 0 Å². The molecule has 0 aliphatic carbocycles. The van der Waals surface area contributed by atoms with Gasteiger partial charge in [0.2, 0.25) is 5.91 Å². The zero-order valence-electron chi connectivity index (χ0n) is 22.2. The lowest BCUT2D eigenvalue weighted by Crippen LogP contribution is -2.72. The van der Waals surface area contributed by atoms with Gasteiger partial charge in [-0.25, -0.2) is 0 Å². The minimum atomic E-state index is -4.02. The van der Waals surface area contributed by atoms with Gasteiger partial charge in [-0.1, -0.05) is 78.4 Å². The van der Waals surface area contributed by atoms with Gasteiger partial charge in [-0.3, -0.25) is 14.1 Å². The molecule has 3 aromatic rings. The van der Waals surface area contributed by atoms with Crippen molar-refractivity contribution in [1.82, 2.24) is 4.90 Å². The summed E-state index contributed by atoms with van der Waals surface area (Å²) >= 11 is 1.52. The molecular weight excluding hydrogens is 552 g/mol. The Morgan fingerprint density at radius 3 is 2.10 bits per heavy atom. The zero-order chi connectivity index (χ0) is 28.9. The van der Waals surface area contributed by atoms with Crippen molar-refractivity contribution in [1.29, 1.82) is 0 Å². The van der Waals surface area contributed by atoms with E-state index in [0.29, 0.717) is 5.75 Å². The number of hydrogen-bond acceptors (Lipinski definition) is 8. The molecule has 0 saturated carbocycles. The predicted molar refractivity (Wildman–Crippen MR) is 152 cm³/mol. The third-order valence-electron chi connectivity index (χ3n) is 6.79. The fraction of sp³-hybridized carbons (Fsp3) is 0.310. The Morgan fingerprint density at radius 2 is 1.60 bits per heavy atom. The van der Waals surface area contributed by atoms with E-state index in [2.05, 4.69) is 0 Å². The van der Waals surface area contributed by atoms with E-state index in [1.165, 1.54) is 23.9 Å².